The van der Waals surface area contributed by atoms with Gasteiger partial charge in [0.1, 0.15) is 0 Å². The van der Waals surface area contributed by atoms with Crippen LogP contribution in [0.2, 0.25) is 0 Å². The third kappa shape index (κ3) is 7.07. The predicted molar refractivity (Wildman–Crippen MR) is 218 cm³/mol. The predicted octanol–water partition coefficient (Wildman–Crippen LogP) is 8.06. The van der Waals surface area contributed by atoms with Crippen molar-refractivity contribution in [2.45, 2.75) is 117 Å². The number of carbonyl (C=O) groups excluding carboxylic acids is 1. The Balaban J connectivity index is 1.29. The van der Waals surface area contributed by atoms with Gasteiger partial charge in [-0.15, -0.1) is 0 Å². The maximum atomic E-state index is 12.2. The molecule has 0 spiro atoms. The van der Waals surface area contributed by atoms with Crippen LogP contribution in [0.5, 0.6) is 0 Å². The minimum Gasteiger partial charge on any atom is -0.465 e. The lowest BCUT2D eigenvalue weighted by Gasteiger charge is -2.73. The molecule has 8 nitrogen and oxygen atoms in total. The lowest BCUT2D eigenvalue weighted by atomic mass is 9.32. The molecule has 4 aliphatic carbocycles. The van der Waals surface area contributed by atoms with Gasteiger partial charge < -0.3 is 24.4 Å². The third-order valence-corrected chi connectivity index (χ3v) is 18.6. The van der Waals surface area contributed by atoms with Crippen molar-refractivity contribution in [3.05, 3.63) is 41.5 Å². The van der Waals surface area contributed by atoms with E-state index in [9.17, 15) is 13.2 Å². The monoisotopic (exact) mass is 769 g/mol. The molecule has 0 bridgehead atoms. The molecule has 1 aromatic carbocycles. The molecule has 1 aromatic rings. The largest absolute Gasteiger partial charge is 0.465 e. The highest BCUT2D eigenvalue weighted by atomic mass is 32.2. The van der Waals surface area contributed by atoms with E-state index in [-0.39, 0.29) is 50.3 Å². The van der Waals surface area contributed by atoms with Crippen LogP contribution in [0.25, 0.3) is 5.57 Å². The Kier molecular flexibility index (Phi) is 11.8. The summed E-state index contributed by atoms with van der Waals surface area (Å²) in [7, 11) is 2.19. The van der Waals surface area contributed by atoms with E-state index in [2.05, 4.69) is 76.9 Å². The first-order chi connectivity index (χ1) is 25.4. The highest BCUT2D eigenvalue weighted by Crippen LogP contribution is 2.75. The van der Waals surface area contributed by atoms with Gasteiger partial charge in [0.15, 0.2) is 9.84 Å². The number of sulfone groups is 1. The van der Waals surface area contributed by atoms with Crippen LogP contribution in [0.4, 0.5) is 0 Å². The first-order valence-electron chi connectivity index (χ1n) is 21.0. The third-order valence-electron chi connectivity index (χ3n) is 17.0. The maximum absolute atomic E-state index is 12.2. The van der Waals surface area contributed by atoms with Gasteiger partial charge in [0.25, 0.3) is 0 Å². The Hall–Kier alpha value is -1.78. The van der Waals surface area contributed by atoms with Gasteiger partial charge in [-0.3, -0.25) is 0 Å². The summed E-state index contributed by atoms with van der Waals surface area (Å²) >= 11 is 0. The molecular formula is C45H72N2O6S. The lowest BCUT2D eigenvalue weighted by molar-refractivity contribution is -0.226. The van der Waals surface area contributed by atoms with Crippen molar-refractivity contribution in [2.75, 3.05) is 65.6 Å². The number of ether oxygens (including phenoxy) is 3. The first kappa shape index (κ1) is 41.8. The fraction of sp³-hybridized carbons (Fsp3) is 0.800. The molecule has 5 aliphatic rings. The van der Waals surface area contributed by atoms with Gasteiger partial charge in [0.05, 0.1) is 36.4 Å². The summed E-state index contributed by atoms with van der Waals surface area (Å²) in [4.78, 5) is 14.5. The molecule has 1 saturated heterocycles. The number of rotatable bonds is 12. The first-order valence-corrected chi connectivity index (χ1v) is 22.8. The standard InChI is InChI=1S/C45H72N2O6S/c1-11-45(46-24-25-47-26-28-54(49,50)29-27-47)23-22-43(6)35(36(45)30-41(4,53-10)31-51-8)16-17-38-42(5)20-18-34(32-12-14-33(15-13-32)39(48)52-9)40(2,3)37(42)19-21-44(38,43)7/h12-15,18,35-38,46H,11,16-17,19-31H2,1-10H3. The molecule has 9 atom stereocenters. The molecule has 1 N–H and O–H groups in total. The van der Waals surface area contributed by atoms with E-state index in [4.69, 9.17) is 14.2 Å². The molecule has 3 saturated carbocycles. The van der Waals surface area contributed by atoms with Crippen molar-refractivity contribution in [3.63, 3.8) is 0 Å². The van der Waals surface area contributed by atoms with E-state index in [1.54, 1.807) is 7.11 Å². The fourth-order valence-electron chi connectivity index (χ4n) is 13.7. The second-order valence-electron chi connectivity index (χ2n) is 19.6. The van der Waals surface area contributed by atoms with Crippen LogP contribution in [-0.2, 0) is 24.0 Å². The number of hydrogen-bond acceptors (Lipinski definition) is 8. The Morgan fingerprint density at radius 2 is 1.61 bits per heavy atom. The minimum absolute atomic E-state index is 0.00816. The molecule has 1 aliphatic heterocycles. The number of nitrogens with zero attached hydrogens (tertiary/aromatic N) is 1. The molecule has 9 unspecified atom stereocenters. The summed E-state index contributed by atoms with van der Waals surface area (Å²) < 4.78 is 41.3. The van der Waals surface area contributed by atoms with Crippen LogP contribution in [-0.4, -0.2) is 96.0 Å². The van der Waals surface area contributed by atoms with Gasteiger partial charge in [-0.25, -0.2) is 13.2 Å². The zero-order valence-corrected chi connectivity index (χ0v) is 36.1. The number of hydrogen-bond donors (Lipinski definition) is 1. The summed E-state index contributed by atoms with van der Waals surface area (Å²) in [6.07, 6.45) is 13.0. The number of methoxy groups -OCH3 is 3. The lowest BCUT2D eigenvalue weighted by Crippen LogP contribution is -2.69. The average Bonchev–Trinajstić information content (AvgIpc) is 3.13. The number of fused-ring (bicyclic) bond motifs is 5. The van der Waals surface area contributed by atoms with Crippen molar-refractivity contribution in [3.8, 4) is 0 Å². The Morgan fingerprint density at radius 1 is 0.926 bits per heavy atom. The molecule has 304 valence electrons. The van der Waals surface area contributed by atoms with Crippen molar-refractivity contribution >= 4 is 21.4 Å². The number of nitrogens with one attached hydrogen (secondary N) is 1. The van der Waals surface area contributed by atoms with Crippen LogP contribution in [0.15, 0.2) is 30.3 Å². The van der Waals surface area contributed by atoms with Crippen LogP contribution >= 0.6 is 0 Å². The van der Waals surface area contributed by atoms with Gasteiger partial charge >= 0.3 is 5.97 Å². The number of benzene rings is 1. The molecule has 1 heterocycles. The summed E-state index contributed by atoms with van der Waals surface area (Å²) in [5.74, 6) is 2.45. The maximum Gasteiger partial charge on any atom is 0.337 e. The van der Waals surface area contributed by atoms with Gasteiger partial charge in [-0.05, 0) is 133 Å². The van der Waals surface area contributed by atoms with Crippen LogP contribution in [0.3, 0.4) is 0 Å². The molecule has 9 heteroatoms. The molecular weight excluding hydrogens is 697 g/mol. The normalized spacial score (nSPS) is 38.6. The van der Waals surface area contributed by atoms with Crippen molar-refractivity contribution in [2.24, 2.45) is 45.3 Å². The zero-order chi connectivity index (χ0) is 39.4. The van der Waals surface area contributed by atoms with Crippen molar-refractivity contribution in [1.29, 1.82) is 0 Å². The second kappa shape index (κ2) is 15.2. The van der Waals surface area contributed by atoms with E-state index in [0.717, 1.165) is 38.8 Å². The highest BCUT2D eigenvalue weighted by molar-refractivity contribution is 7.91. The summed E-state index contributed by atoms with van der Waals surface area (Å²) in [5.41, 5.74) is 3.45. The zero-order valence-electron chi connectivity index (χ0n) is 35.3. The number of esters is 1. The molecule has 0 radical (unpaired) electrons. The summed E-state index contributed by atoms with van der Waals surface area (Å²) in [5, 5.41) is 4.20. The summed E-state index contributed by atoms with van der Waals surface area (Å²) in [6, 6.07) is 8.06. The topological polar surface area (TPSA) is 94.2 Å². The van der Waals surface area contributed by atoms with E-state index in [1.165, 1.54) is 50.4 Å². The second-order valence-corrected chi connectivity index (χ2v) is 21.9. The highest BCUT2D eigenvalue weighted by Gasteiger charge is 2.69. The van der Waals surface area contributed by atoms with E-state index < -0.39 is 9.84 Å². The van der Waals surface area contributed by atoms with Crippen LogP contribution in [0.1, 0.15) is 122 Å². The molecule has 0 amide bonds. The quantitative estimate of drug-likeness (QED) is 0.214. The Labute approximate surface area is 327 Å². The van der Waals surface area contributed by atoms with Gasteiger partial charge in [-0.1, -0.05) is 59.8 Å². The SMILES string of the molecule is CCC1(NCCN2CCS(=O)(=O)CC2)CCC2(C)C(CCC3C4(C)CC=C(c5ccc(C(=O)OC)cc5)C(C)(C)C4CCC32C)C1CC(C)(COC)OC. The molecule has 0 aromatic heterocycles. The Bertz CT molecular complexity index is 1650. The van der Waals surface area contributed by atoms with Crippen molar-refractivity contribution < 1.29 is 27.4 Å². The molecule has 54 heavy (non-hydrogen) atoms. The van der Waals surface area contributed by atoms with E-state index in [0.29, 0.717) is 48.9 Å². The summed E-state index contributed by atoms with van der Waals surface area (Å²) in [6.45, 7) is 21.2. The van der Waals surface area contributed by atoms with Crippen LogP contribution < -0.4 is 5.32 Å². The fourth-order valence-corrected chi connectivity index (χ4v) is 15.0. The molecule has 6 rings (SSSR count). The average molecular weight is 769 g/mol. The van der Waals surface area contributed by atoms with Gasteiger partial charge in [-0.2, -0.15) is 0 Å². The smallest absolute Gasteiger partial charge is 0.337 e. The van der Waals surface area contributed by atoms with Crippen molar-refractivity contribution in [1.82, 2.24) is 10.2 Å². The van der Waals surface area contributed by atoms with Gasteiger partial charge in [0.2, 0.25) is 0 Å². The van der Waals surface area contributed by atoms with E-state index in [1.807, 2.05) is 19.2 Å². The van der Waals surface area contributed by atoms with E-state index >= 15 is 0 Å². The Morgan fingerprint density at radius 3 is 2.22 bits per heavy atom. The van der Waals surface area contributed by atoms with Crippen LogP contribution in [0, 0.1) is 45.3 Å². The minimum atomic E-state index is -2.90. The number of allylic oxidation sites excluding steroid dienone is 2. The number of carbonyl (C=O) groups is 1. The van der Waals surface area contributed by atoms with Gasteiger partial charge in [0, 0.05) is 45.9 Å². The molecule has 4 fully saturated rings.